The maximum Gasteiger partial charge on any atom is 0.349 e. The molecule has 7 heteroatoms. The summed E-state index contributed by atoms with van der Waals surface area (Å²) in [6, 6.07) is 11.9. The molecule has 1 atom stereocenters. The van der Waals surface area contributed by atoms with Crippen molar-refractivity contribution in [3.05, 3.63) is 58.5 Å². The van der Waals surface area contributed by atoms with E-state index in [1.54, 1.807) is 42.5 Å². The molecule has 0 saturated heterocycles. The summed E-state index contributed by atoms with van der Waals surface area (Å²) in [4.78, 5) is 24.0. The molecule has 1 amide bonds. The SMILES string of the molecule is C[C@@H](OC(=O)/C(C#N)=C/c1ccco1)C(=O)Nc1ccc(Br)cc1. The number of furan rings is 1. The second kappa shape index (κ2) is 8.13. The Bertz CT molecular complexity index is 789. The van der Waals surface area contributed by atoms with Gasteiger partial charge in [-0.25, -0.2) is 4.79 Å². The first-order valence-corrected chi connectivity index (χ1v) is 7.71. The highest BCUT2D eigenvalue weighted by atomic mass is 79.9. The van der Waals surface area contributed by atoms with Crippen LogP contribution < -0.4 is 5.32 Å². The van der Waals surface area contributed by atoms with Crippen molar-refractivity contribution in [2.24, 2.45) is 0 Å². The van der Waals surface area contributed by atoms with Crippen molar-refractivity contribution in [3.63, 3.8) is 0 Å². The first kappa shape index (κ1) is 17.5. The molecule has 0 spiro atoms. The molecule has 0 saturated carbocycles. The predicted molar refractivity (Wildman–Crippen MR) is 90.6 cm³/mol. The largest absolute Gasteiger partial charge is 0.465 e. The number of anilines is 1. The van der Waals surface area contributed by atoms with Crippen LogP contribution in [0.3, 0.4) is 0 Å². The number of rotatable bonds is 5. The molecule has 0 fully saturated rings. The van der Waals surface area contributed by atoms with Crippen molar-refractivity contribution in [1.82, 2.24) is 0 Å². The van der Waals surface area contributed by atoms with Gasteiger partial charge in [0.25, 0.3) is 5.91 Å². The van der Waals surface area contributed by atoms with Crippen LogP contribution in [0.25, 0.3) is 6.08 Å². The van der Waals surface area contributed by atoms with E-state index in [1.807, 2.05) is 0 Å². The molecule has 1 heterocycles. The van der Waals surface area contributed by atoms with Gasteiger partial charge in [-0.2, -0.15) is 5.26 Å². The molecule has 0 aliphatic rings. The zero-order chi connectivity index (χ0) is 17.5. The number of benzene rings is 1. The summed E-state index contributed by atoms with van der Waals surface area (Å²) in [6.45, 7) is 1.42. The Morgan fingerprint density at radius 2 is 2.04 bits per heavy atom. The Kier molecular flexibility index (Phi) is 5.93. The normalized spacial score (nSPS) is 12.1. The summed E-state index contributed by atoms with van der Waals surface area (Å²) in [5.41, 5.74) is 0.311. The quantitative estimate of drug-likeness (QED) is 0.480. The van der Waals surface area contributed by atoms with Crippen molar-refractivity contribution >= 4 is 39.6 Å². The van der Waals surface area contributed by atoms with Crippen LogP contribution in [0.2, 0.25) is 0 Å². The zero-order valence-corrected chi connectivity index (χ0v) is 14.2. The van der Waals surface area contributed by atoms with Crippen LogP contribution in [-0.4, -0.2) is 18.0 Å². The number of hydrogen-bond donors (Lipinski definition) is 1. The molecular formula is C17H13BrN2O4. The summed E-state index contributed by atoms with van der Waals surface area (Å²) >= 11 is 3.29. The van der Waals surface area contributed by atoms with Gasteiger partial charge in [0.05, 0.1) is 6.26 Å². The summed E-state index contributed by atoms with van der Waals surface area (Å²) in [5, 5.41) is 11.7. The van der Waals surface area contributed by atoms with Gasteiger partial charge in [-0.15, -0.1) is 0 Å². The maximum atomic E-state index is 12.0. The fourth-order valence-corrected chi connectivity index (χ4v) is 1.97. The van der Waals surface area contributed by atoms with Crippen LogP contribution in [0.4, 0.5) is 5.69 Å². The molecule has 1 N–H and O–H groups in total. The van der Waals surface area contributed by atoms with Crippen LogP contribution in [0.5, 0.6) is 0 Å². The zero-order valence-electron chi connectivity index (χ0n) is 12.7. The standard InChI is InChI=1S/C17H13BrN2O4/c1-11(16(21)20-14-6-4-13(18)5-7-14)24-17(22)12(10-19)9-15-3-2-8-23-15/h2-9,11H,1H3,(H,20,21)/b12-9+/t11-/m1/s1. The number of amides is 1. The first-order chi connectivity index (χ1) is 11.5. The van der Waals surface area contributed by atoms with Gasteiger partial charge in [0.15, 0.2) is 6.10 Å². The highest BCUT2D eigenvalue weighted by Gasteiger charge is 2.21. The first-order valence-electron chi connectivity index (χ1n) is 6.92. The number of carbonyl (C=O) groups excluding carboxylic acids is 2. The van der Waals surface area contributed by atoms with Crippen molar-refractivity contribution in [1.29, 1.82) is 5.26 Å². The Morgan fingerprint density at radius 1 is 1.33 bits per heavy atom. The fraction of sp³-hybridized carbons (Fsp3) is 0.118. The van der Waals surface area contributed by atoms with Crippen molar-refractivity contribution in [2.75, 3.05) is 5.32 Å². The lowest BCUT2D eigenvalue weighted by molar-refractivity contribution is -0.148. The molecule has 0 radical (unpaired) electrons. The van der Waals surface area contributed by atoms with Crippen molar-refractivity contribution in [2.45, 2.75) is 13.0 Å². The van der Waals surface area contributed by atoms with E-state index in [-0.39, 0.29) is 5.57 Å². The van der Waals surface area contributed by atoms with Crippen LogP contribution in [-0.2, 0) is 14.3 Å². The summed E-state index contributed by atoms with van der Waals surface area (Å²) in [6.07, 6.45) is 1.61. The third kappa shape index (κ3) is 4.83. The topological polar surface area (TPSA) is 92.3 Å². The third-order valence-corrected chi connectivity index (χ3v) is 3.46. The smallest absolute Gasteiger partial charge is 0.349 e. The molecule has 2 rings (SSSR count). The average molecular weight is 389 g/mol. The van der Waals surface area contributed by atoms with Gasteiger partial charge in [0, 0.05) is 16.2 Å². The monoisotopic (exact) mass is 388 g/mol. The Hall–Kier alpha value is -2.85. The van der Waals surface area contributed by atoms with Gasteiger partial charge in [0.2, 0.25) is 0 Å². The highest BCUT2D eigenvalue weighted by Crippen LogP contribution is 2.15. The van der Waals surface area contributed by atoms with E-state index in [0.717, 1.165) is 4.47 Å². The Morgan fingerprint density at radius 3 is 2.62 bits per heavy atom. The van der Waals surface area contributed by atoms with Gasteiger partial charge in [0.1, 0.15) is 17.4 Å². The van der Waals surface area contributed by atoms with Gasteiger partial charge in [-0.3, -0.25) is 4.79 Å². The summed E-state index contributed by atoms with van der Waals surface area (Å²) in [5.74, 6) is -1.05. The van der Waals surface area contributed by atoms with Gasteiger partial charge < -0.3 is 14.5 Å². The number of carbonyl (C=O) groups is 2. The van der Waals surface area contributed by atoms with Gasteiger partial charge in [-0.1, -0.05) is 15.9 Å². The van der Waals surface area contributed by atoms with Crippen LogP contribution >= 0.6 is 15.9 Å². The second-order valence-electron chi connectivity index (χ2n) is 4.73. The van der Waals surface area contributed by atoms with E-state index in [9.17, 15) is 9.59 Å². The molecule has 122 valence electrons. The molecule has 0 unspecified atom stereocenters. The van der Waals surface area contributed by atoms with E-state index in [1.165, 1.54) is 19.3 Å². The van der Waals surface area contributed by atoms with E-state index in [4.69, 9.17) is 14.4 Å². The molecule has 0 bridgehead atoms. The minimum absolute atomic E-state index is 0.256. The van der Waals surface area contributed by atoms with Crippen LogP contribution in [0.15, 0.2) is 57.1 Å². The number of halogens is 1. The van der Waals surface area contributed by atoms with Crippen LogP contribution in [0, 0.1) is 11.3 Å². The number of nitriles is 1. The molecule has 1 aromatic heterocycles. The average Bonchev–Trinajstić information content (AvgIpc) is 3.07. The molecule has 2 aromatic rings. The molecular weight excluding hydrogens is 376 g/mol. The number of hydrogen-bond acceptors (Lipinski definition) is 5. The highest BCUT2D eigenvalue weighted by molar-refractivity contribution is 9.10. The number of esters is 1. The molecule has 6 nitrogen and oxygen atoms in total. The van der Waals surface area contributed by atoms with E-state index in [2.05, 4.69) is 21.2 Å². The Balaban J connectivity index is 1.98. The minimum Gasteiger partial charge on any atom is -0.465 e. The lowest BCUT2D eigenvalue weighted by Crippen LogP contribution is -2.30. The predicted octanol–water partition coefficient (Wildman–Crippen LogP) is 3.52. The number of nitrogens with zero attached hydrogens (tertiary/aromatic N) is 1. The second-order valence-corrected chi connectivity index (χ2v) is 5.64. The van der Waals surface area contributed by atoms with Crippen molar-refractivity contribution in [3.8, 4) is 6.07 Å². The molecule has 1 aromatic carbocycles. The number of nitrogens with one attached hydrogen (secondary N) is 1. The molecule has 24 heavy (non-hydrogen) atoms. The fourth-order valence-electron chi connectivity index (χ4n) is 1.71. The Labute approximate surface area is 146 Å². The van der Waals surface area contributed by atoms with E-state index >= 15 is 0 Å². The third-order valence-electron chi connectivity index (χ3n) is 2.93. The summed E-state index contributed by atoms with van der Waals surface area (Å²) < 4.78 is 10.9. The number of ether oxygens (including phenoxy) is 1. The van der Waals surface area contributed by atoms with Crippen LogP contribution in [0.1, 0.15) is 12.7 Å². The van der Waals surface area contributed by atoms with Crippen molar-refractivity contribution < 1.29 is 18.7 Å². The van der Waals surface area contributed by atoms with E-state index < -0.39 is 18.0 Å². The molecule has 0 aliphatic heterocycles. The summed E-state index contributed by atoms with van der Waals surface area (Å²) in [7, 11) is 0. The van der Waals surface area contributed by atoms with Gasteiger partial charge >= 0.3 is 5.97 Å². The van der Waals surface area contributed by atoms with Gasteiger partial charge in [-0.05, 0) is 43.3 Å². The van der Waals surface area contributed by atoms with E-state index in [0.29, 0.717) is 11.4 Å². The minimum atomic E-state index is -1.06. The lowest BCUT2D eigenvalue weighted by Gasteiger charge is -2.13. The maximum absolute atomic E-state index is 12.0. The lowest BCUT2D eigenvalue weighted by atomic mass is 10.2. The molecule has 0 aliphatic carbocycles.